The highest BCUT2D eigenvalue weighted by Gasteiger charge is 2.30. The van der Waals surface area contributed by atoms with Gasteiger partial charge in [-0.15, -0.1) is 12.4 Å². The third-order valence-electron chi connectivity index (χ3n) is 2.48. The van der Waals surface area contributed by atoms with Crippen molar-refractivity contribution in [3.63, 3.8) is 0 Å². The average Bonchev–Trinajstić information content (AvgIpc) is 2.16. The Morgan fingerprint density at radius 2 is 1.71 bits per heavy atom. The minimum atomic E-state index is -0.879. The maximum absolute atomic E-state index is 11.9. The summed E-state index contributed by atoms with van der Waals surface area (Å²) in [7, 11) is 4.92. The number of halogens is 1. The van der Waals surface area contributed by atoms with Crippen molar-refractivity contribution < 1.29 is 9.59 Å². The van der Waals surface area contributed by atoms with Crippen molar-refractivity contribution in [3.05, 3.63) is 0 Å². The first-order valence-corrected chi connectivity index (χ1v) is 5.47. The second-order valence-corrected chi connectivity index (χ2v) is 4.62. The number of hydrogen-bond donors (Lipinski definition) is 1. The molecule has 1 atom stereocenters. The molecule has 0 aromatic carbocycles. The molecular weight excluding hydrogens is 242 g/mol. The zero-order valence-corrected chi connectivity index (χ0v) is 12.1. The lowest BCUT2D eigenvalue weighted by molar-refractivity contribution is -0.141. The van der Waals surface area contributed by atoms with E-state index in [2.05, 4.69) is 0 Å². The van der Waals surface area contributed by atoms with Crippen molar-refractivity contribution in [2.45, 2.75) is 32.2 Å². The largest absolute Gasteiger partial charge is 0.347 e. The van der Waals surface area contributed by atoms with Crippen molar-refractivity contribution in [3.8, 4) is 0 Å². The predicted molar refractivity (Wildman–Crippen MR) is 71.1 cm³/mol. The van der Waals surface area contributed by atoms with Crippen LogP contribution >= 0.6 is 12.4 Å². The molecule has 17 heavy (non-hydrogen) atoms. The Hall–Kier alpha value is -0.810. The van der Waals surface area contributed by atoms with Crippen molar-refractivity contribution in [1.82, 2.24) is 9.80 Å². The molecule has 0 radical (unpaired) electrons. The van der Waals surface area contributed by atoms with E-state index < -0.39 is 5.54 Å². The summed E-state index contributed by atoms with van der Waals surface area (Å²) in [4.78, 5) is 26.2. The Morgan fingerprint density at radius 1 is 1.24 bits per heavy atom. The molecule has 5 nitrogen and oxygen atoms in total. The van der Waals surface area contributed by atoms with Gasteiger partial charge in [-0.25, -0.2) is 0 Å². The maximum Gasteiger partial charge on any atom is 0.242 e. The van der Waals surface area contributed by atoms with Gasteiger partial charge in [0.2, 0.25) is 11.8 Å². The lowest BCUT2D eigenvalue weighted by Gasteiger charge is -2.29. The van der Waals surface area contributed by atoms with Gasteiger partial charge in [-0.05, 0) is 13.3 Å². The van der Waals surface area contributed by atoms with Crippen LogP contribution in [0.5, 0.6) is 0 Å². The molecule has 0 aliphatic rings. The summed E-state index contributed by atoms with van der Waals surface area (Å²) < 4.78 is 0. The van der Waals surface area contributed by atoms with Crippen LogP contribution in [0.2, 0.25) is 0 Å². The Morgan fingerprint density at radius 3 is 2.06 bits per heavy atom. The third kappa shape index (κ3) is 5.89. The zero-order valence-electron chi connectivity index (χ0n) is 11.3. The Labute approximate surface area is 110 Å². The fourth-order valence-corrected chi connectivity index (χ4v) is 1.48. The second-order valence-electron chi connectivity index (χ2n) is 4.62. The van der Waals surface area contributed by atoms with Gasteiger partial charge in [0.15, 0.2) is 0 Å². The summed E-state index contributed by atoms with van der Waals surface area (Å²) in [5.74, 6) is -0.298. The van der Waals surface area contributed by atoms with Gasteiger partial charge >= 0.3 is 0 Å². The number of nitrogens with zero attached hydrogens (tertiary/aromatic N) is 2. The molecular formula is C11H24ClN3O2. The van der Waals surface area contributed by atoms with E-state index in [1.165, 1.54) is 9.80 Å². The van der Waals surface area contributed by atoms with Crippen molar-refractivity contribution in [1.29, 1.82) is 0 Å². The molecule has 2 amide bonds. The Kier molecular flexibility index (Phi) is 8.19. The van der Waals surface area contributed by atoms with E-state index in [1.807, 2.05) is 6.92 Å². The number of carbonyl (C=O) groups is 2. The van der Waals surface area contributed by atoms with Crippen molar-refractivity contribution in [2.75, 3.05) is 27.7 Å². The summed E-state index contributed by atoms with van der Waals surface area (Å²) in [6.07, 6.45) is 1.46. The molecule has 6 heteroatoms. The molecule has 0 rings (SSSR count). The number of amides is 2. The summed E-state index contributed by atoms with van der Waals surface area (Å²) in [6.45, 7) is 3.75. The van der Waals surface area contributed by atoms with E-state index in [0.717, 1.165) is 6.42 Å². The molecule has 0 aliphatic heterocycles. The molecule has 0 fully saturated rings. The Balaban J connectivity index is 0. The van der Waals surface area contributed by atoms with Crippen LogP contribution in [0.15, 0.2) is 0 Å². The topological polar surface area (TPSA) is 66.6 Å². The van der Waals surface area contributed by atoms with E-state index in [9.17, 15) is 9.59 Å². The van der Waals surface area contributed by atoms with E-state index in [-0.39, 0.29) is 30.8 Å². The lowest BCUT2D eigenvalue weighted by atomic mass is 9.96. The van der Waals surface area contributed by atoms with Crippen molar-refractivity contribution >= 4 is 24.2 Å². The highest BCUT2D eigenvalue weighted by Crippen LogP contribution is 2.11. The highest BCUT2D eigenvalue weighted by molar-refractivity contribution is 5.89. The van der Waals surface area contributed by atoms with Gasteiger partial charge in [0.05, 0.1) is 12.1 Å². The standard InChI is InChI=1S/C11H23N3O2.ClH/c1-6-7-11(2,12)10(16)14(5)8-9(15)13(3)4;/h6-8,12H2,1-5H3;1H. The van der Waals surface area contributed by atoms with E-state index in [1.54, 1.807) is 28.1 Å². The van der Waals surface area contributed by atoms with Crippen LogP contribution in [0, 0.1) is 0 Å². The van der Waals surface area contributed by atoms with Crippen molar-refractivity contribution in [2.24, 2.45) is 5.73 Å². The van der Waals surface area contributed by atoms with Gasteiger partial charge in [0.25, 0.3) is 0 Å². The van der Waals surface area contributed by atoms with Gasteiger partial charge in [-0.1, -0.05) is 13.3 Å². The second kappa shape index (κ2) is 7.50. The molecule has 0 saturated heterocycles. The summed E-state index contributed by atoms with van der Waals surface area (Å²) in [5.41, 5.74) is 5.03. The van der Waals surface area contributed by atoms with Crippen LogP contribution < -0.4 is 5.73 Å². The first kappa shape index (κ1) is 18.6. The van der Waals surface area contributed by atoms with Crippen LogP contribution in [0.3, 0.4) is 0 Å². The van der Waals surface area contributed by atoms with Gasteiger partial charge in [-0.3, -0.25) is 9.59 Å². The quantitative estimate of drug-likeness (QED) is 0.786. The lowest BCUT2D eigenvalue weighted by Crippen LogP contribution is -2.53. The fraction of sp³-hybridized carbons (Fsp3) is 0.818. The van der Waals surface area contributed by atoms with Gasteiger partial charge in [0.1, 0.15) is 0 Å². The van der Waals surface area contributed by atoms with Crippen LogP contribution in [-0.4, -0.2) is 54.8 Å². The first-order chi connectivity index (χ1) is 7.22. The summed E-state index contributed by atoms with van der Waals surface area (Å²) >= 11 is 0. The van der Waals surface area contributed by atoms with E-state index >= 15 is 0 Å². The van der Waals surface area contributed by atoms with Gasteiger partial charge in [0, 0.05) is 21.1 Å². The number of likely N-dealkylation sites (N-methyl/N-ethyl adjacent to an activating group) is 2. The van der Waals surface area contributed by atoms with Crippen LogP contribution in [0.25, 0.3) is 0 Å². The SMILES string of the molecule is CCCC(C)(N)C(=O)N(C)CC(=O)N(C)C.Cl. The molecule has 0 aromatic heterocycles. The molecule has 102 valence electrons. The minimum absolute atomic E-state index is 0. The number of rotatable bonds is 5. The molecule has 0 aliphatic carbocycles. The monoisotopic (exact) mass is 265 g/mol. The van der Waals surface area contributed by atoms with Gasteiger partial charge in [-0.2, -0.15) is 0 Å². The highest BCUT2D eigenvalue weighted by atomic mass is 35.5. The minimum Gasteiger partial charge on any atom is -0.347 e. The first-order valence-electron chi connectivity index (χ1n) is 5.47. The summed E-state index contributed by atoms with van der Waals surface area (Å²) in [5, 5.41) is 0. The number of hydrogen-bond acceptors (Lipinski definition) is 3. The molecule has 0 saturated carbocycles. The zero-order chi connectivity index (χ0) is 12.9. The van der Waals surface area contributed by atoms with Gasteiger partial charge < -0.3 is 15.5 Å². The predicted octanol–water partition coefficient (Wildman–Crippen LogP) is 0.472. The molecule has 0 aromatic rings. The van der Waals surface area contributed by atoms with Crippen LogP contribution in [0.4, 0.5) is 0 Å². The van der Waals surface area contributed by atoms with Crippen LogP contribution in [0.1, 0.15) is 26.7 Å². The molecule has 0 spiro atoms. The molecule has 0 heterocycles. The van der Waals surface area contributed by atoms with E-state index in [4.69, 9.17) is 5.73 Å². The third-order valence-corrected chi connectivity index (χ3v) is 2.48. The molecule has 0 bridgehead atoms. The summed E-state index contributed by atoms with van der Waals surface area (Å²) in [6, 6.07) is 0. The molecule has 1 unspecified atom stereocenters. The van der Waals surface area contributed by atoms with E-state index in [0.29, 0.717) is 6.42 Å². The smallest absolute Gasteiger partial charge is 0.242 e. The fourth-order valence-electron chi connectivity index (χ4n) is 1.48. The normalized spacial score (nSPS) is 13.3. The Bertz CT molecular complexity index is 267. The number of carbonyl (C=O) groups excluding carboxylic acids is 2. The number of nitrogens with two attached hydrogens (primary N) is 1. The average molecular weight is 266 g/mol. The maximum atomic E-state index is 11.9. The molecule has 2 N–H and O–H groups in total. The van der Waals surface area contributed by atoms with Crippen LogP contribution in [-0.2, 0) is 9.59 Å².